The Balaban J connectivity index is 2.13. The fraction of sp³-hybridized carbons (Fsp3) is 0.300. The van der Waals surface area contributed by atoms with E-state index in [2.05, 4.69) is 15.1 Å². The summed E-state index contributed by atoms with van der Waals surface area (Å²) in [5, 5.41) is 22.4. The Morgan fingerprint density at radius 2 is 2.26 bits per heavy atom. The summed E-state index contributed by atoms with van der Waals surface area (Å²) >= 11 is 0. The van der Waals surface area contributed by atoms with Gasteiger partial charge in [-0.2, -0.15) is 5.10 Å². The summed E-state index contributed by atoms with van der Waals surface area (Å²) in [5.74, 6) is -0.949. The Bertz CT molecular complexity index is 670. The first-order valence-electron chi connectivity index (χ1n) is 5.43. The highest BCUT2D eigenvalue weighted by atomic mass is 19.1. The summed E-state index contributed by atoms with van der Waals surface area (Å²) in [6.45, 7) is -0.508. The molecule has 1 aliphatic rings. The van der Waals surface area contributed by atoms with Crippen molar-refractivity contribution >= 4 is 17.2 Å². The molecule has 0 saturated heterocycles. The molecule has 3 rings (SSSR count). The number of imidazole rings is 1. The number of nitrogens with two attached hydrogens (primary N) is 1. The molecule has 0 bridgehead atoms. The molecule has 19 heavy (non-hydrogen) atoms. The van der Waals surface area contributed by atoms with Crippen molar-refractivity contribution in [2.45, 2.75) is 12.2 Å². The maximum absolute atomic E-state index is 13.9. The van der Waals surface area contributed by atoms with Crippen LogP contribution in [0.1, 0.15) is 5.69 Å². The van der Waals surface area contributed by atoms with E-state index in [4.69, 9.17) is 15.6 Å². The monoisotopic (exact) mass is 267 g/mol. The molecule has 0 amide bonds. The zero-order chi connectivity index (χ0) is 13.6. The smallest absolute Gasteiger partial charge is 0.197 e. The lowest BCUT2D eigenvalue weighted by Crippen LogP contribution is -2.26. The van der Waals surface area contributed by atoms with Gasteiger partial charge in [-0.25, -0.2) is 18.9 Å². The average Bonchev–Trinajstić information content (AvgIpc) is 2.94. The third-order valence-electron chi connectivity index (χ3n) is 2.84. The second kappa shape index (κ2) is 4.14. The minimum absolute atomic E-state index is 0.138. The molecular weight excluding hydrogens is 257 g/mol. The van der Waals surface area contributed by atoms with Crippen molar-refractivity contribution in [3.8, 4) is 0 Å². The molecule has 0 saturated carbocycles. The van der Waals surface area contributed by atoms with Crippen molar-refractivity contribution in [2.75, 3.05) is 12.3 Å². The predicted octanol–water partition coefficient (Wildman–Crippen LogP) is -0.903. The number of anilines is 1. The van der Waals surface area contributed by atoms with E-state index in [-0.39, 0.29) is 22.9 Å². The van der Waals surface area contributed by atoms with Crippen molar-refractivity contribution in [1.29, 1.82) is 0 Å². The van der Waals surface area contributed by atoms with Gasteiger partial charge in [-0.3, -0.25) is 0 Å². The van der Waals surface area contributed by atoms with Crippen LogP contribution in [-0.4, -0.2) is 48.6 Å². The van der Waals surface area contributed by atoms with Crippen LogP contribution in [0.25, 0.3) is 11.4 Å². The van der Waals surface area contributed by atoms with Crippen LogP contribution >= 0.6 is 0 Å². The molecule has 9 heteroatoms. The molecule has 0 spiro atoms. The maximum Gasteiger partial charge on any atom is 0.197 e. The largest absolute Gasteiger partial charge is 0.480 e. The Morgan fingerprint density at radius 1 is 1.47 bits per heavy atom. The summed E-state index contributed by atoms with van der Waals surface area (Å²) in [7, 11) is 0. The van der Waals surface area contributed by atoms with Crippen LogP contribution in [0, 0.1) is 0 Å². The Kier molecular flexibility index (Phi) is 2.57. The van der Waals surface area contributed by atoms with Gasteiger partial charge in [-0.15, -0.1) is 0 Å². The fourth-order valence-corrected chi connectivity index (χ4v) is 1.88. The first-order chi connectivity index (χ1) is 9.13. The summed E-state index contributed by atoms with van der Waals surface area (Å²) in [6, 6.07) is 0. The summed E-state index contributed by atoms with van der Waals surface area (Å²) in [4.78, 5) is 7.72. The Morgan fingerprint density at radius 3 is 2.95 bits per heavy atom. The van der Waals surface area contributed by atoms with Gasteiger partial charge in [-0.1, -0.05) is 0 Å². The van der Waals surface area contributed by atoms with Crippen molar-refractivity contribution < 1.29 is 19.3 Å². The minimum atomic E-state index is -1.51. The van der Waals surface area contributed by atoms with Crippen LogP contribution in [0.15, 0.2) is 18.4 Å². The number of aromatic nitrogens is 4. The minimum Gasteiger partial charge on any atom is -0.480 e. The van der Waals surface area contributed by atoms with Gasteiger partial charge in [0.25, 0.3) is 0 Å². The number of hydrogen-bond donors (Lipinski definition) is 3. The summed E-state index contributed by atoms with van der Waals surface area (Å²) < 4.78 is 20.3. The van der Waals surface area contributed by atoms with E-state index in [9.17, 15) is 9.50 Å². The predicted molar refractivity (Wildman–Crippen MR) is 61.2 cm³/mol. The zero-order valence-corrected chi connectivity index (χ0v) is 9.56. The van der Waals surface area contributed by atoms with Gasteiger partial charge < -0.3 is 20.7 Å². The van der Waals surface area contributed by atoms with Crippen LogP contribution in [0.3, 0.4) is 0 Å². The molecule has 0 radical (unpaired) electrons. The molecule has 3 heterocycles. The first kappa shape index (κ1) is 11.8. The first-order valence-corrected chi connectivity index (χ1v) is 5.43. The molecule has 1 aliphatic heterocycles. The van der Waals surface area contributed by atoms with E-state index < -0.39 is 24.6 Å². The number of rotatable bonds is 2. The number of hydrogen-bond acceptors (Lipinski definition) is 7. The third-order valence-corrected chi connectivity index (χ3v) is 2.84. The third kappa shape index (κ3) is 1.63. The highest BCUT2D eigenvalue weighted by molar-refractivity contribution is 5.68. The lowest BCUT2D eigenvalue weighted by molar-refractivity contribution is 0.0211. The van der Waals surface area contributed by atoms with Crippen LogP contribution in [0.2, 0.25) is 0 Å². The number of aliphatic hydroxyl groups is 2. The second-order valence-electron chi connectivity index (χ2n) is 3.98. The van der Waals surface area contributed by atoms with E-state index in [0.717, 1.165) is 0 Å². The number of aliphatic hydroxyl groups excluding tert-OH is 2. The van der Waals surface area contributed by atoms with Gasteiger partial charge in [0.05, 0.1) is 12.8 Å². The lowest BCUT2D eigenvalue weighted by Gasteiger charge is -2.11. The van der Waals surface area contributed by atoms with E-state index >= 15 is 0 Å². The average molecular weight is 267 g/mol. The second-order valence-corrected chi connectivity index (χ2v) is 3.98. The standard InChI is InChI=1S/C10H10FN5O3/c11-6-7(18)5(2-17)19-8(6)4-1-13-10-9(12)14-3-15-16(4)10/h1,3,5,7,17-18H,2H2,(H2,12,14,15)/t5-,7-/m1/s1. The molecule has 4 N–H and O–H groups in total. The number of fused-ring (bicyclic) bond motifs is 1. The van der Waals surface area contributed by atoms with Gasteiger partial charge in [-0.05, 0) is 0 Å². The molecule has 8 nitrogen and oxygen atoms in total. The molecule has 0 unspecified atom stereocenters. The number of nitrogen functional groups attached to an aromatic ring is 1. The van der Waals surface area contributed by atoms with Crippen LogP contribution in [0.4, 0.5) is 10.2 Å². The molecule has 2 atom stereocenters. The van der Waals surface area contributed by atoms with Gasteiger partial charge in [0.2, 0.25) is 0 Å². The van der Waals surface area contributed by atoms with E-state index in [1.165, 1.54) is 17.0 Å². The van der Waals surface area contributed by atoms with Gasteiger partial charge >= 0.3 is 0 Å². The maximum atomic E-state index is 13.9. The highest BCUT2D eigenvalue weighted by Crippen LogP contribution is 2.33. The van der Waals surface area contributed by atoms with Crippen molar-refractivity contribution in [2.24, 2.45) is 0 Å². The van der Waals surface area contributed by atoms with Crippen molar-refractivity contribution in [3.05, 3.63) is 24.0 Å². The zero-order valence-electron chi connectivity index (χ0n) is 9.56. The number of halogens is 1. The normalized spacial score (nSPS) is 23.1. The lowest BCUT2D eigenvalue weighted by atomic mass is 10.2. The van der Waals surface area contributed by atoms with Crippen molar-refractivity contribution in [3.63, 3.8) is 0 Å². The van der Waals surface area contributed by atoms with E-state index in [0.29, 0.717) is 0 Å². The van der Waals surface area contributed by atoms with Crippen LogP contribution < -0.4 is 5.73 Å². The van der Waals surface area contributed by atoms with E-state index in [1.807, 2.05) is 0 Å². The molecule has 100 valence electrons. The molecule has 2 aromatic rings. The number of ether oxygens (including phenoxy) is 1. The van der Waals surface area contributed by atoms with Gasteiger partial charge in [0.15, 0.2) is 29.2 Å². The van der Waals surface area contributed by atoms with Gasteiger partial charge in [0, 0.05) is 0 Å². The Labute approximate surface area is 106 Å². The topological polar surface area (TPSA) is 119 Å². The highest BCUT2D eigenvalue weighted by Gasteiger charge is 2.37. The Hall–Kier alpha value is -2.26. The number of nitrogens with zero attached hydrogens (tertiary/aromatic N) is 4. The molecule has 0 aromatic carbocycles. The summed E-state index contributed by atoms with van der Waals surface area (Å²) in [5.41, 5.74) is 6.05. The van der Waals surface area contributed by atoms with Crippen LogP contribution in [-0.2, 0) is 4.74 Å². The molecule has 2 aromatic heterocycles. The van der Waals surface area contributed by atoms with Crippen LogP contribution in [0.5, 0.6) is 0 Å². The quantitative estimate of drug-likeness (QED) is 0.644. The summed E-state index contributed by atoms with van der Waals surface area (Å²) in [6.07, 6.45) is -0.0488. The molecule has 0 aliphatic carbocycles. The van der Waals surface area contributed by atoms with E-state index in [1.54, 1.807) is 0 Å². The SMILES string of the molecule is Nc1ncnn2c(C3=C(F)[C@H](O)[C@@H](CO)O3)cnc12. The van der Waals surface area contributed by atoms with Crippen molar-refractivity contribution in [1.82, 2.24) is 19.6 Å². The fourth-order valence-electron chi connectivity index (χ4n) is 1.88. The van der Waals surface area contributed by atoms with Gasteiger partial charge in [0.1, 0.15) is 18.1 Å². The molecule has 0 fully saturated rings. The molecular formula is C10H10FN5O3.